The summed E-state index contributed by atoms with van der Waals surface area (Å²) in [5, 5.41) is 5.97. The van der Waals surface area contributed by atoms with Crippen LogP contribution in [-0.4, -0.2) is 37.7 Å². The molecule has 0 spiro atoms. The van der Waals surface area contributed by atoms with Crippen LogP contribution in [0.4, 0.5) is 0 Å². The van der Waals surface area contributed by atoms with Gasteiger partial charge in [0.25, 0.3) is 0 Å². The lowest BCUT2D eigenvalue weighted by atomic mass is 10.2. The van der Waals surface area contributed by atoms with E-state index in [4.69, 9.17) is 4.74 Å². The first-order chi connectivity index (χ1) is 7.57. The third-order valence-corrected chi connectivity index (χ3v) is 2.22. The summed E-state index contributed by atoms with van der Waals surface area (Å²) in [6.07, 6.45) is 2.38. The van der Waals surface area contributed by atoms with Crippen molar-refractivity contribution in [1.82, 2.24) is 10.6 Å². The van der Waals surface area contributed by atoms with Crippen LogP contribution >= 0.6 is 0 Å². The molecule has 0 rings (SSSR count). The van der Waals surface area contributed by atoms with Gasteiger partial charge in [-0.3, -0.25) is 4.79 Å². The average Bonchev–Trinajstić information content (AvgIpc) is 2.22. The van der Waals surface area contributed by atoms with Crippen molar-refractivity contribution < 1.29 is 9.53 Å². The first kappa shape index (κ1) is 15.4. The number of amides is 1. The number of likely N-dealkylation sites (N-methyl/N-ethyl adjacent to an activating group) is 1. The molecule has 0 saturated carbocycles. The van der Waals surface area contributed by atoms with Gasteiger partial charge in [-0.05, 0) is 47.1 Å². The topological polar surface area (TPSA) is 50.4 Å². The molecule has 0 heterocycles. The van der Waals surface area contributed by atoms with E-state index in [-0.39, 0.29) is 11.9 Å². The molecule has 0 aromatic rings. The van der Waals surface area contributed by atoms with E-state index < -0.39 is 0 Å². The predicted molar refractivity (Wildman–Crippen MR) is 66.5 cm³/mol. The highest BCUT2D eigenvalue weighted by atomic mass is 16.5. The summed E-state index contributed by atoms with van der Waals surface area (Å²) >= 11 is 0. The summed E-state index contributed by atoms with van der Waals surface area (Å²) in [7, 11) is 0. The van der Waals surface area contributed by atoms with Crippen molar-refractivity contribution in [3.63, 3.8) is 0 Å². The van der Waals surface area contributed by atoms with Crippen LogP contribution in [0.25, 0.3) is 0 Å². The highest BCUT2D eigenvalue weighted by molar-refractivity contribution is 5.81. The summed E-state index contributed by atoms with van der Waals surface area (Å²) in [5.74, 6) is 0.0703. The van der Waals surface area contributed by atoms with Crippen LogP contribution in [-0.2, 0) is 9.53 Å². The lowest BCUT2D eigenvalue weighted by Crippen LogP contribution is -2.42. The summed E-state index contributed by atoms with van der Waals surface area (Å²) in [4.78, 5) is 11.4. The molecule has 2 N–H and O–H groups in total. The number of rotatable bonds is 9. The maximum absolute atomic E-state index is 11.4. The van der Waals surface area contributed by atoms with Crippen LogP contribution in [0.5, 0.6) is 0 Å². The molecule has 0 radical (unpaired) electrons. The molecule has 0 saturated heterocycles. The smallest absolute Gasteiger partial charge is 0.236 e. The molecule has 0 aliphatic carbocycles. The van der Waals surface area contributed by atoms with Crippen molar-refractivity contribution >= 4 is 5.91 Å². The van der Waals surface area contributed by atoms with Gasteiger partial charge in [0.2, 0.25) is 5.91 Å². The molecular weight excluding hydrogens is 204 g/mol. The van der Waals surface area contributed by atoms with Gasteiger partial charge >= 0.3 is 0 Å². The highest BCUT2D eigenvalue weighted by Crippen LogP contribution is 1.94. The van der Waals surface area contributed by atoms with Gasteiger partial charge in [0, 0.05) is 13.2 Å². The zero-order valence-corrected chi connectivity index (χ0v) is 11.0. The van der Waals surface area contributed by atoms with Crippen LogP contribution in [0.2, 0.25) is 0 Å². The summed E-state index contributed by atoms with van der Waals surface area (Å²) in [5.41, 5.74) is 0. The van der Waals surface area contributed by atoms with Gasteiger partial charge in [-0.25, -0.2) is 0 Å². The number of carbonyl (C=O) groups is 1. The normalized spacial score (nSPS) is 12.8. The molecule has 0 bridgehead atoms. The van der Waals surface area contributed by atoms with Crippen LogP contribution in [0.1, 0.15) is 40.5 Å². The van der Waals surface area contributed by atoms with Crippen LogP contribution < -0.4 is 10.6 Å². The Kier molecular flexibility index (Phi) is 9.24. The molecular formula is C12H26N2O2. The number of ether oxygens (including phenoxy) is 1. The molecule has 16 heavy (non-hydrogen) atoms. The number of carbonyl (C=O) groups excluding carboxylic acids is 1. The van der Waals surface area contributed by atoms with Gasteiger partial charge in [-0.2, -0.15) is 0 Å². The van der Waals surface area contributed by atoms with Crippen molar-refractivity contribution in [2.75, 3.05) is 19.7 Å². The van der Waals surface area contributed by atoms with Crippen LogP contribution in [0, 0.1) is 0 Å². The first-order valence-corrected chi connectivity index (χ1v) is 6.20. The van der Waals surface area contributed by atoms with Gasteiger partial charge in [0.15, 0.2) is 0 Å². The standard InChI is InChI=1S/C12H26N2O2/c1-5-13-12(15)11(4)14-8-6-7-9-16-10(2)3/h10-11,14H,5-9H2,1-4H3,(H,13,15). The lowest BCUT2D eigenvalue weighted by Gasteiger charge is -2.13. The Balaban J connectivity index is 3.34. The van der Waals surface area contributed by atoms with Gasteiger partial charge < -0.3 is 15.4 Å². The van der Waals surface area contributed by atoms with E-state index in [0.29, 0.717) is 12.6 Å². The minimum Gasteiger partial charge on any atom is -0.379 e. The van der Waals surface area contributed by atoms with Gasteiger partial charge in [-0.15, -0.1) is 0 Å². The summed E-state index contributed by atoms with van der Waals surface area (Å²) in [6, 6.07) is -0.106. The predicted octanol–water partition coefficient (Wildman–Crippen LogP) is 1.31. The second-order valence-electron chi connectivity index (χ2n) is 4.20. The molecule has 1 atom stereocenters. The maximum Gasteiger partial charge on any atom is 0.236 e. The molecule has 1 amide bonds. The SMILES string of the molecule is CCNC(=O)C(C)NCCCCOC(C)C. The van der Waals surface area contributed by atoms with E-state index in [9.17, 15) is 4.79 Å². The van der Waals surface area contributed by atoms with E-state index in [1.54, 1.807) is 0 Å². The number of nitrogens with one attached hydrogen (secondary N) is 2. The number of unbranched alkanes of at least 4 members (excludes halogenated alkanes) is 1. The van der Waals surface area contributed by atoms with Crippen molar-refractivity contribution in [3.05, 3.63) is 0 Å². The molecule has 96 valence electrons. The van der Waals surface area contributed by atoms with Gasteiger partial charge in [0.1, 0.15) is 0 Å². The second kappa shape index (κ2) is 9.60. The third-order valence-electron chi connectivity index (χ3n) is 2.22. The fraction of sp³-hybridized carbons (Fsp3) is 0.917. The zero-order valence-electron chi connectivity index (χ0n) is 11.0. The second-order valence-corrected chi connectivity index (χ2v) is 4.20. The van der Waals surface area contributed by atoms with E-state index in [1.807, 2.05) is 27.7 Å². The molecule has 4 nitrogen and oxygen atoms in total. The van der Waals surface area contributed by atoms with Crippen molar-refractivity contribution in [2.45, 2.75) is 52.7 Å². The Morgan fingerprint density at radius 1 is 1.25 bits per heavy atom. The van der Waals surface area contributed by atoms with E-state index in [0.717, 1.165) is 26.0 Å². The van der Waals surface area contributed by atoms with E-state index in [2.05, 4.69) is 10.6 Å². The van der Waals surface area contributed by atoms with Crippen molar-refractivity contribution in [3.8, 4) is 0 Å². The Morgan fingerprint density at radius 2 is 1.94 bits per heavy atom. The van der Waals surface area contributed by atoms with E-state index >= 15 is 0 Å². The lowest BCUT2D eigenvalue weighted by molar-refractivity contribution is -0.122. The Bertz CT molecular complexity index is 184. The maximum atomic E-state index is 11.4. The molecule has 0 aromatic heterocycles. The molecule has 0 aliphatic heterocycles. The fourth-order valence-corrected chi connectivity index (χ4v) is 1.28. The fourth-order valence-electron chi connectivity index (χ4n) is 1.28. The minimum absolute atomic E-state index is 0.0703. The average molecular weight is 230 g/mol. The molecule has 0 fully saturated rings. The monoisotopic (exact) mass is 230 g/mol. The summed E-state index contributed by atoms with van der Waals surface area (Å²) in [6.45, 7) is 10.2. The van der Waals surface area contributed by atoms with E-state index in [1.165, 1.54) is 0 Å². The zero-order chi connectivity index (χ0) is 12.4. The Labute approximate surface area is 99.1 Å². The molecule has 0 aromatic carbocycles. The van der Waals surface area contributed by atoms with Crippen LogP contribution in [0.3, 0.4) is 0 Å². The minimum atomic E-state index is -0.106. The summed E-state index contributed by atoms with van der Waals surface area (Å²) < 4.78 is 5.43. The van der Waals surface area contributed by atoms with Gasteiger partial charge in [-0.1, -0.05) is 0 Å². The molecule has 4 heteroatoms. The first-order valence-electron chi connectivity index (χ1n) is 6.20. The largest absolute Gasteiger partial charge is 0.379 e. The van der Waals surface area contributed by atoms with Crippen molar-refractivity contribution in [2.24, 2.45) is 0 Å². The number of hydrogen-bond donors (Lipinski definition) is 2. The highest BCUT2D eigenvalue weighted by Gasteiger charge is 2.09. The quantitative estimate of drug-likeness (QED) is 0.587. The Morgan fingerprint density at radius 3 is 2.50 bits per heavy atom. The molecule has 1 unspecified atom stereocenters. The van der Waals surface area contributed by atoms with Crippen molar-refractivity contribution in [1.29, 1.82) is 0 Å². The third kappa shape index (κ3) is 8.68. The van der Waals surface area contributed by atoms with Gasteiger partial charge in [0.05, 0.1) is 12.1 Å². The number of hydrogen-bond acceptors (Lipinski definition) is 3. The Hall–Kier alpha value is -0.610. The van der Waals surface area contributed by atoms with Crippen LogP contribution in [0.15, 0.2) is 0 Å². The molecule has 0 aliphatic rings.